The van der Waals surface area contributed by atoms with Crippen LogP contribution in [0.4, 0.5) is 0 Å². The van der Waals surface area contributed by atoms with Gasteiger partial charge in [-0.25, -0.2) is 5.43 Å². The van der Waals surface area contributed by atoms with E-state index in [1.165, 1.54) is 6.34 Å². The zero-order chi connectivity index (χ0) is 11.6. The van der Waals surface area contributed by atoms with Gasteiger partial charge in [0.05, 0.1) is 0 Å². The molecule has 1 aromatic rings. The molecule has 0 aromatic heterocycles. The van der Waals surface area contributed by atoms with Crippen molar-refractivity contribution < 1.29 is 9.53 Å². The fourth-order valence-electron chi connectivity index (χ4n) is 0.995. The van der Waals surface area contributed by atoms with Crippen LogP contribution in [0, 0.1) is 0 Å². The Bertz CT molecular complexity index is 345. The average Bonchev–Trinajstić information content (AvgIpc) is 2.33. The Morgan fingerprint density at radius 2 is 2.12 bits per heavy atom. The van der Waals surface area contributed by atoms with E-state index in [9.17, 15) is 4.79 Å². The molecular weight excluding hydrogens is 244 g/mol. The zero-order valence-electron chi connectivity index (χ0n) is 9.13. The minimum Gasteiger partial charge on any atom is -0.460 e. The summed E-state index contributed by atoms with van der Waals surface area (Å²) in [6.07, 6.45) is 1.23. The molecule has 6 nitrogen and oxygen atoms in total. The van der Waals surface area contributed by atoms with E-state index >= 15 is 0 Å². The Hall–Kier alpha value is -1.79. The second-order valence-corrected chi connectivity index (χ2v) is 2.92. The molecule has 0 aliphatic heterocycles. The third kappa shape index (κ3) is 7.15. The summed E-state index contributed by atoms with van der Waals surface area (Å²) in [5.41, 5.74) is 6.02. The Morgan fingerprint density at radius 1 is 1.41 bits per heavy atom. The number of esters is 1. The van der Waals surface area contributed by atoms with Crippen LogP contribution in [0.5, 0.6) is 0 Å². The first-order chi connectivity index (χ1) is 7.83. The van der Waals surface area contributed by atoms with E-state index in [1.54, 1.807) is 0 Å². The SMILES string of the molecule is Cl.NN=CNNCC(=O)OCc1ccccc1. The summed E-state index contributed by atoms with van der Waals surface area (Å²) in [6.45, 7) is 0.311. The summed E-state index contributed by atoms with van der Waals surface area (Å²) in [4.78, 5) is 11.2. The number of nitrogens with two attached hydrogens (primary N) is 1. The Morgan fingerprint density at radius 3 is 2.76 bits per heavy atom. The molecule has 0 amide bonds. The summed E-state index contributed by atoms with van der Waals surface area (Å²) < 4.78 is 4.99. The molecule has 0 aliphatic carbocycles. The fourth-order valence-corrected chi connectivity index (χ4v) is 0.995. The lowest BCUT2D eigenvalue weighted by atomic mass is 10.2. The molecule has 0 heterocycles. The minimum atomic E-state index is -0.359. The van der Waals surface area contributed by atoms with Crippen LogP contribution in [0.3, 0.4) is 0 Å². The highest BCUT2D eigenvalue weighted by molar-refractivity contribution is 5.85. The number of carbonyl (C=O) groups is 1. The Labute approximate surface area is 106 Å². The van der Waals surface area contributed by atoms with E-state index in [1.807, 2.05) is 30.3 Å². The molecule has 0 radical (unpaired) electrons. The van der Waals surface area contributed by atoms with Crippen molar-refractivity contribution in [1.29, 1.82) is 0 Å². The van der Waals surface area contributed by atoms with Crippen LogP contribution in [0.15, 0.2) is 35.4 Å². The Balaban J connectivity index is 0.00000256. The number of nitrogens with one attached hydrogen (secondary N) is 2. The van der Waals surface area contributed by atoms with Crippen LogP contribution in [0.25, 0.3) is 0 Å². The van der Waals surface area contributed by atoms with E-state index in [2.05, 4.69) is 16.0 Å². The van der Waals surface area contributed by atoms with Gasteiger partial charge in [-0.15, -0.1) is 12.4 Å². The van der Waals surface area contributed by atoms with Crippen molar-refractivity contribution in [2.75, 3.05) is 6.54 Å². The van der Waals surface area contributed by atoms with Crippen molar-refractivity contribution in [2.45, 2.75) is 6.61 Å². The van der Waals surface area contributed by atoms with Gasteiger partial charge in [-0.05, 0) is 5.56 Å². The zero-order valence-corrected chi connectivity index (χ0v) is 9.94. The van der Waals surface area contributed by atoms with Crippen LogP contribution in [0.1, 0.15) is 5.56 Å². The van der Waals surface area contributed by atoms with Crippen molar-refractivity contribution in [3.8, 4) is 0 Å². The van der Waals surface area contributed by atoms with Gasteiger partial charge in [0.1, 0.15) is 19.5 Å². The smallest absolute Gasteiger partial charge is 0.322 e. The summed E-state index contributed by atoms with van der Waals surface area (Å²) in [6, 6.07) is 9.46. The number of benzene rings is 1. The molecule has 0 spiro atoms. The highest BCUT2D eigenvalue weighted by Crippen LogP contribution is 1.99. The van der Waals surface area contributed by atoms with Gasteiger partial charge in [-0.3, -0.25) is 4.79 Å². The normalized spacial score (nSPS) is 9.65. The van der Waals surface area contributed by atoms with Crippen molar-refractivity contribution >= 4 is 24.7 Å². The van der Waals surface area contributed by atoms with Crippen molar-refractivity contribution in [2.24, 2.45) is 10.9 Å². The van der Waals surface area contributed by atoms with Gasteiger partial charge in [0.15, 0.2) is 0 Å². The highest BCUT2D eigenvalue weighted by Gasteiger charge is 2.01. The number of rotatable bonds is 6. The predicted molar refractivity (Wildman–Crippen MR) is 67.3 cm³/mol. The number of carbonyl (C=O) groups excluding carboxylic acids is 1. The summed E-state index contributed by atoms with van der Waals surface area (Å²) in [5.74, 6) is 4.47. The summed E-state index contributed by atoms with van der Waals surface area (Å²) in [7, 11) is 0. The van der Waals surface area contributed by atoms with E-state index in [0.29, 0.717) is 0 Å². The molecule has 0 unspecified atom stereocenters. The minimum absolute atomic E-state index is 0. The first kappa shape index (κ1) is 15.2. The molecule has 0 saturated heterocycles. The van der Waals surface area contributed by atoms with Crippen molar-refractivity contribution in [3.05, 3.63) is 35.9 Å². The van der Waals surface area contributed by atoms with Crippen molar-refractivity contribution in [3.63, 3.8) is 0 Å². The fraction of sp³-hybridized carbons (Fsp3) is 0.200. The molecule has 0 aliphatic rings. The molecular formula is C10H15ClN4O2. The largest absolute Gasteiger partial charge is 0.460 e. The second kappa shape index (κ2) is 9.44. The lowest BCUT2D eigenvalue weighted by molar-refractivity contribution is -0.143. The molecule has 1 aromatic carbocycles. The summed E-state index contributed by atoms with van der Waals surface area (Å²) >= 11 is 0. The number of hydrazine groups is 1. The van der Waals surface area contributed by atoms with Gasteiger partial charge in [-0.2, -0.15) is 5.10 Å². The number of halogens is 1. The van der Waals surface area contributed by atoms with Gasteiger partial charge in [0, 0.05) is 0 Å². The van der Waals surface area contributed by atoms with Gasteiger partial charge in [0.2, 0.25) is 0 Å². The standard InChI is InChI=1S/C10H14N4O2.ClH/c11-12-8-14-13-6-10(15)16-7-9-4-2-1-3-5-9;/h1-5,8,13H,6-7,11H2,(H,12,14);1H. The van der Waals surface area contributed by atoms with Gasteiger partial charge < -0.3 is 16.0 Å². The van der Waals surface area contributed by atoms with E-state index in [4.69, 9.17) is 10.6 Å². The quantitative estimate of drug-likeness (QED) is 0.169. The molecule has 0 saturated carbocycles. The highest BCUT2D eigenvalue weighted by atomic mass is 35.5. The lowest BCUT2D eigenvalue weighted by Gasteiger charge is -2.05. The molecule has 7 heteroatoms. The first-order valence-corrected chi connectivity index (χ1v) is 4.72. The second-order valence-electron chi connectivity index (χ2n) is 2.92. The van der Waals surface area contributed by atoms with E-state index in [0.717, 1.165) is 5.56 Å². The van der Waals surface area contributed by atoms with Crippen LogP contribution in [-0.4, -0.2) is 18.9 Å². The molecule has 4 N–H and O–H groups in total. The maximum Gasteiger partial charge on any atom is 0.322 e. The molecule has 17 heavy (non-hydrogen) atoms. The predicted octanol–water partition coefficient (Wildman–Crippen LogP) is 0.148. The number of hydrogen-bond donors (Lipinski definition) is 3. The van der Waals surface area contributed by atoms with E-state index in [-0.39, 0.29) is 31.5 Å². The van der Waals surface area contributed by atoms with Gasteiger partial charge >= 0.3 is 5.97 Å². The van der Waals surface area contributed by atoms with Crippen molar-refractivity contribution in [1.82, 2.24) is 10.9 Å². The first-order valence-electron chi connectivity index (χ1n) is 4.72. The van der Waals surface area contributed by atoms with Crippen LogP contribution < -0.4 is 16.7 Å². The third-order valence-corrected chi connectivity index (χ3v) is 1.72. The van der Waals surface area contributed by atoms with Gasteiger partial charge in [-0.1, -0.05) is 30.3 Å². The number of hydrogen-bond acceptors (Lipinski definition) is 5. The number of nitrogens with zero attached hydrogens (tertiary/aromatic N) is 1. The number of hydrazone groups is 1. The molecule has 0 bridgehead atoms. The van der Waals surface area contributed by atoms with Crippen LogP contribution in [-0.2, 0) is 16.1 Å². The topological polar surface area (TPSA) is 88.7 Å². The maximum atomic E-state index is 11.2. The molecule has 0 fully saturated rings. The number of ether oxygens (including phenoxy) is 1. The Kier molecular flexibility index (Phi) is 8.44. The van der Waals surface area contributed by atoms with Crippen LogP contribution >= 0.6 is 12.4 Å². The average molecular weight is 259 g/mol. The molecule has 1 rings (SSSR count). The lowest BCUT2D eigenvalue weighted by Crippen LogP contribution is -2.36. The van der Waals surface area contributed by atoms with E-state index < -0.39 is 0 Å². The molecule has 0 atom stereocenters. The van der Waals surface area contributed by atoms with Gasteiger partial charge in [0.25, 0.3) is 0 Å². The maximum absolute atomic E-state index is 11.2. The summed E-state index contributed by atoms with van der Waals surface area (Å²) in [5, 5.41) is 3.18. The molecule has 94 valence electrons. The third-order valence-electron chi connectivity index (χ3n) is 1.72. The monoisotopic (exact) mass is 258 g/mol. The van der Waals surface area contributed by atoms with Crippen LogP contribution in [0.2, 0.25) is 0 Å².